The fraction of sp³-hybridized carbons (Fsp3) is 0.600. The minimum Gasteiger partial charge on any atom is -0.349 e. The number of carbonyl (C=O) groups is 1. The summed E-state index contributed by atoms with van der Waals surface area (Å²) in [5, 5.41) is 15.6. The third-order valence-electron chi connectivity index (χ3n) is 2.70. The maximum absolute atomic E-state index is 11.8. The first-order valence-corrected chi connectivity index (χ1v) is 6.49. The van der Waals surface area contributed by atoms with Crippen LogP contribution in [0.15, 0.2) is 6.33 Å². The van der Waals surface area contributed by atoms with Crippen LogP contribution in [-0.2, 0) is 11.3 Å². The lowest BCUT2D eigenvalue weighted by atomic mass is 10.0. The maximum atomic E-state index is 11.8. The van der Waals surface area contributed by atoms with Gasteiger partial charge >= 0.3 is 0 Å². The van der Waals surface area contributed by atoms with Gasteiger partial charge in [0.1, 0.15) is 11.3 Å². The Morgan fingerprint density at radius 3 is 2.94 bits per heavy atom. The largest absolute Gasteiger partial charge is 0.349 e. The van der Waals surface area contributed by atoms with Gasteiger partial charge in [-0.25, -0.2) is 0 Å². The van der Waals surface area contributed by atoms with Gasteiger partial charge in [0, 0.05) is 5.92 Å². The lowest BCUT2D eigenvalue weighted by molar-refractivity contribution is -0.125. The van der Waals surface area contributed by atoms with Crippen LogP contribution in [-0.4, -0.2) is 25.7 Å². The van der Waals surface area contributed by atoms with Gasteiger partial charge in [-0.15, -0.1) is 10.2 Å². The maximum Gasteiger partial charge on any atom is 0.234 e. The first-order valence-electron chi connectivity index (χ1n) is 5.68. The van der Waals surface area contributed by atoms with E-state index in [0.717, 1.165) is 22.8 Å². The quantitative estimate of drug-likeness (QED) is 0.870. The lowest BCUT2D eigenvalue weighted by Crippen LogP contribution is -2.29. The van der Waals surface area contributed by atoms with E-state index in [9.17, 15) is 4.79 Å². The normalized spacial score (nSPS) is 11.2. The van der Waals surface area contributed by atoms with Crippen molar-refractivity contribution in [2.75, 3.05) is 0 Å². The number of aromatic nitrogens is 4. The SMILES string of the molecule is CCC(CC)C(=O)NCc1nn2cnnc2s1. The van der Waals surface area contributed by atoms with Gasteiger partial charge in [0.05, 0.1) is 6.54 Å². The highest BCUT2D eigenvalue weighted by molar-refractivity contribution is 7.16. The molecule has 0 bridgehead atoms. The van der Waals surface area contributed by atoms with Crippen LogP contribution in [0, 0.1) is 5.92 Å². The second kappa shape index (κ2) is 5.22. The molecule has 1 amide bonds. The summed E-state index contributed by atoms with van der Waals surface area (Å²) < 4.78 is 1.61. The van der Waals surface area contributed by atoms with Crippen molar-refractivity contribution in [1.82, 2.24) is 25.1 Å². The molecule has 0 atom stereocenters. The highest BCUT2D eigenvalue weighted by Gasteiger charge is 2.14. The van der Waals surface area contributed by atoms with Crippen molar-refractivity contribution in [3.05, 3.63) is 11.3 Å². The topological polar surface area (TPSA) is 72.2 Å². The Hall–Kier alpha value is -1.50. The van der Waals surface area contributed by atoms with Crippen molar-refractivity contribution in [3.8, 4) is 0 Å². The van der Waals surface area contributed by atoms with Crippen LogP contribution in [0.3, 0.4) is 0 Å². The van der Waals surface area contributed by atoms with Gasteiger partial charge in [0.25, 0.3) is 0 Å². The van der Waals surface area contributed by atoms with E-state index in [0.29, 0.717) is 6.54 Å². The van der Waals surface area contributed by atoms with Gasteiger partial charge in [-0.1, -0.05) is 25.2 Å². The van der Waals surface area contributed by atoms with Gasteiger partial charge in [-0.3, -0.25) is 4.79 Å². The summed E-state index contributed by atoms with van der Waals surface area (Å²) in [6, 6.07) is 0. The van der Waals surface area contributed by atoms with E-state index in [1.165, 1.54) is 11.3 Å². The first-order chi connectivity index (χ1) is 8.24. The van der Waals surface area contributed by atoms with Crippen molar-refractivity contribution in [2.24, 2.45) is 5.92 Å². The van der Waals surface area contributed by atoms with E-state index in [-0.39, 0.29) is 11.8 Å². The molecule has 92 valence electrons. The molecule has 7 heteroatoms. The number of nitrogens with one attached hydrogen (secondary N) is 1. The van der Waals surface area contributed by atoms with Crippen LogP contribution in [0.25, 0.3) is 4.96 Å². The molecule has 0 unspecified atom stereocenters. The highest BCUT2D eigenvalue weighted by Crippen LogP contribution is 2.12. The molecule has 0 aromatic carbocycles. The van der Waals surface area contributed by atoms with Gasteiger partial charge in [0.15, 0.2) is 0 Å². The molecule has 6 nitrogen and oxygen atoms in total. The van der Waals surface area contributed by atoms with Crippen molar-refractivity contribution in [3.63, 3.8) is 0 Å². The third-order valence-corrected chi connectivity index (χ3v) is 3.61. The van der Waals surface area contributed by atoms with Gasteiger partial charge in [-0.2, -0.15) is 9.61 Å². The summed E-state index contributed by atoms with van der Waals surface area (Å²) in [6.07, 6.45) is 3.29. The molecule has 0 aliphatic rings. The minimum atomic E-state index is 0.0979. The summed E-state index contributed by atoms with van der Waals surface area (Å²) in [5.74, 6) is 0.196. The smallest absolute Gasteiger partial charge is 0.234 e. The van der Waals surface area contributed by atoms with E-state index in [2.05, 4.69) is 20.6 Å². The molecule has 0 saturated heterocycles. The molecule has 0 aliphatic heterocycles. The molecule has 0 saturated carbocycles. The zero-order valence-corrected chi connectivity index (χ0v) is 10.7. The Labute approximate surface area is 103 Å². The number of carbonyl (C=O) groups excluding carboxylic acids is 1. The van der Waals surface area contributed by atoms with Crippen LogP contribution in [0.4, 0.5) is 0 Å². The number of hydrogen-bond donors (Lipinski definition) is 1. The Morgan fingerprint density at radius 1 is 1.53 bits per heavy atom. The third kappa shape index (κ3) is 2.60. The van der Waals surface area contributed by atoms with Gasteiger partial charge in [0.2, 0.25) is 10.9 Å². The number of hydrogen-bond acceptors (Lipinski definition) is 5. The Bertz CT molecular complexity index is 473. The Balaban J connectivity index is 1.94. The monoisotopic (exact) mass is 253 g/mol. The molecule has 2 aromatic rings. The lowest BCUT2D eigenvalue weighted by Gasteiger charge is -2.11. The van der Waals surface area contributed by atoms with Crippen LogP contribution in [0.2, 0.25) is 0 Å². The number of rotatable bonds is 5. The molecule has 1 N–H and O–H groups in total. The van der Waals surface area contributed by atoms with Crippen molar-refractivity contribution in [2.45, 2.75) is 33.2 Å². The molecule has 17 heavy (non-hydrogen) atoms. The fourth-order valence-corrected chi connectivity index (χ4v) is 2.39. The molecule has 0 fully saturated rings. The molecule has 2 aromatic heterocycles. The second-order valence-electron chi connectivity index (χ2n) is 3.79. The van der Waals surface area contributed by atoms with Crippen LogP contribution in [0.1, 0.15) is 31.7 Å². The fourth-order valence-electron chi connectivity index (χ4n) is 1.64. The Morgan fingerprint density at radius 2 is 2.29 bits per heavy atom. The van der Waals surface area contributed by atoms with E-state index in [4.69, 9.17) is 0 Å². The van der Waals surface area contributed by atoms with Crippen LogP contribution in [0.5, 0.6) is 0 Å². The molecule has 0 spiro atoms. The molecule has 2 rings (SSSR count). The standard InChI is InChI=1S/C10H15N5OS/c1-3-7(4-2)9(16)11-5-8-14-15-6-12-13-10(15)17-8/h6-7H,3-5H2,1-2H3,(H,11,16). The predicted octanol–water partition coefficient (Wildman–Crippen LogP) is 1.24. The molecule has 2 heterocycles. The van der Waals surface area contributed by atoms with Crippen LogP contribution < -0.4 is 5.32 Å². The summed E-state index contributed by atoms with van der Waals surface area (Å²) in [6.45, 7) is 4.51. The summed E-state index contributed by atoms with van der Waals surface area (Å²) in [7, 11) is 0. The van der Waals surface area contributed by atoms with E-state index >= 15 is 0 Å². The summed E-state index contributed by atoms with van der Waals surface area (Å²) >= 11 is 1.44. The van der Waals surface area contributed by atoms with Gasteiger partial charge in [-0.05, 0) is 12.8 Å². The van der Waals surface area contributed by atoms with Crippen molar-refractivity contribution < 1.29 is 4.79 Å². The zero-order valence-electron chi connectivity index (χ0n) is 9.88. The molecule has 0 aliphatic carbocycles. The second-order valence-corrected chi connectivity index (χ2v) is 4.83. The van der Waals surface area contributed by atoms with Crippen molar-refractivity contribution >= 4 is 22.2 Å². The average Bonchev–Trinajstić information content (AvgIpc) is 2.88. The number of amides is 1. The Kier molecular flexibility index (Phi) is 3.68. The van der Waals surface area contributed by atoms with Crippen LogP contribution >= 0.6 is 11.3 Å². The van der Waals surface area contributed by atoms with Gasteiger partial charge < -0.3 is 5.32 Å². The van der Waals surface area contributed by atoms with E-state index < -0.39 is 0 Å². The number of fused-ring (bicyclic) bond motifs is 1. The molecular formula is C10H15N5OS. The molecule has 0 radical (unpaired) electrons. The number of nitrogens with zero attached hydrogens (tertiary/aromatic N) is 4. The summed E-state index contributed by atoms with van der Waals surface area (Å²) in [4.78, 5) is 12.5. The summed E-state index contributed by atoms with van der Waals surface area (Å²) in [5.41, 5.74) is 0. The molecular weight excluding hydrogens is 238 g/mol. The minimum absolute atomic E-state index is 0.0979. The van der Waals surface area contributed by atoms with Crippen molar-refractivity contribution in [1.29, 1.82) is 0 Å². The van der Waals surface area contributed by atoms with E-state index in [1.807, 2.05) is 13.8 Å². The highest BCUT2D eigenvalue weighted by atomic mass is 32.1. The predicted molar refractivity (Wildman–Crippen MR) is 64.6 cm³/mol. The average molecular weight is 253 g/mol. The first kappa shape index (κ1) is 12.0. The zero-order chi connectivity index (χ0) is 12.3. The van der Waals surface area contributed by atoms with E-state index in [1.54, 1.807) is 10.8 Å².